The molecule has 4 heteroatoms. The maximum absolute atomic E-state index is 5.38. The average Bonchev–Trinajstić information content (AvgIpc) is 2.84. The van der Waals surface area contributed by atoms with Gasteiger partial charge in [0.1, 0.15) is 0 Å². The average molecular weight is 207 g/mol. The van der Waals surface area contributed by atoms with Gasteiger partial charge >= 0.3 is 0 Å². The molecule has 2 rings (SSSR count). The Morgan fingerprint density at radius 1 is 1.80 bits per heavy atom. The maximum atomic E-state index is 5.38. The fraction of sp³-hybridized carbons (Fsp3) is 0.545. The smallest absolute Gasteiger partial charge is 0.0646 e. The zero-order valence-corrected chi connectivity index (χ0v) is 9.07. The van der Waals surface area contributed by atoms with Crippen LogP contribution in [0.4, 0.5) is 0 Å². The van der Waals surface area contributed by atoms with Crippen LogP contribution in [0.5, 0.6) is 0 Å². The van der Waals surface area contributed by atoms with Gasteiger partial charge in [-0.3, -0.25) is 0 Å². The molecule has 1 aromatic heterocycles. The Balaban J connectivity index is 1.89. The van der Waals surface area contributed by atoms with Gasteiger partial charge in [0.2, 0.25) is 0 Å². The maximum Gasteiger partial charge on any atom is 0.0646 e. The standard InChI is InChI=1S/C11H17N3O/c1-3-14-8-10(7-13-14)6-12-11(2)4-5-15-9-11/h3,7-8,12H,1,4-6,9H2,2H3. The molecule has 1 fully saturated rings. The van der Waals surface area contributed by atoms with Crippen LogP contribution in [0, 0.1) is 0 Å². The van der Waals surface area contributed by atoms with E-state index in [0.717, 1.165) is 26.2 Å². The second kappa shape index (κ2) is 4.16. The van der Waals surface area contributed by atoms with E-state index in [4.69, 9.17) is 4.74 Å². The van der Waals surface area contributed by atoms with E-state index in [1.807, 2.05) is 12.4 Å². The van der Waals surface area contributed by atoms with E-state index in [1.165, 1.54) is 5.56 Å². The minimum Gasteiger partial charge on any atom is -0.379 e. The highest BCUT2D eigenvalue weighted by molar-refractivity contribution is 5.17. The number of nitrogens with one attached hydrogen (secondary N) is 1. The van der Waals surface area contributed by atoms with Gasteiger partial charge in [-0.2, -0.15) is 5.10 Å². The fourth-order valence-electron chi connectivity index (χ4n) is 1.69. The number of rotatable bonds is 4. The molecule has 82 valence electrons. The molecule has 1 atom stereocenters. The summed E-state index contributed by atoms with van der Waals surface area (Å²) in [6.45, 7) is 8.33. The van der Waals surface area contributed by atoms with E-state index in [0.29, 0.717) is 0 Å². The van der Waals surface area contributed by atoms with Crippen LogP contribution in [0.1, 0.15) is 18.9 Å². The van der Waals surface area contributed by atoms with Crippen molar-refractivity contribution < 1.29 is 4.74 Å². The molecular weight excluding hydrogens is 190 g/mol. The highest BCUT2D eigenvalue weighted by Gasteiger charge is 2.28. The molecule has 1 unspecified atom stereocenters. The summed E-state index contributed by atoms with van der Waals surface area (Å²) in [7, 11) is 0. The zero-order valence-electron chi connectivity index (χ0n) is 9.07. The highest BCUT2D eigenvalue weighted by atomic mass is 16.5. The summed E-state index contributed by atoms with van der Waals surface area (Å²) >= 11 is 0. The second-order valence-electron chi connectivity index (χ2n) is 4.23. The summed E-state index contributed by atoms with van der Waals surface area (Å²) < 4.78 is 7.09. The Morgan fingerprint density at radius 2 is 2.67 bits per heavy atom. The predicted molar refractivity (Wildman–Crippen MR) is 59.3 cm³/mol. The summed E-state index contributed by atoms with van der Waals surface area (Å²) in [5.74, 6) is 0. The number of hydrogen-bond donors (Lipinski definition) is 1. The molecule has 1 N–H and O–H groups in total. The molecule has 1 aromatic rings. The minimum absolute atomic E-state index is 0.121. The van der Waals surface area contributed by atoms with Crippen molar-refractivity contribution in [1.82, 2.24) is 15.1 Å². The van der Waals surface area contributed by atoms with Gasteiger partial charge in [0, 0.05) is 36.7 Å². The molecule has 0 spiro atoms. The lowest BCUT2D eigenvalue weighted by Crippen LogP contribution is -2.42. The fourth-order valence-corrected chi connectivity index (χ4v) is 1.69. The lowest BCUT2D eigenvalue weighted by Gasteiger charge is -2.23. The summed E-state index contributed by atoms with van der Waals surface area (Å²) in [6, 6.07) is 0. The predicted octanol–water partition coefficient (Wildman–Crippen LogP) is 1.25. The van der Waals surface area contributed by atoms with Crippen molar-refractivity contribution in [2.75, 3.05) is 13.2 Å². The molecule has 0 saturated carbocycles. The summed E-state index contributed by atoms with van der Waals surface area (Å²) in [5.41, 5.74) is 1.29. The lowest BCUT2D eigenvalue weighted by atomic mass is 10.0. The van der Waals surface area contributed by atoms with Gasteiger partial charge in [-0.15, -0.1) is 0 Å². The summed E-state index contributed by atoms with van der Waals surface area (Å²) in [6.07, 6.45) is 6.58. The van der Waals surface area contributed by atoms with Crippen LogP contribution in [-0.4, -0.2) is 28.5 Å². The lowest BCUT2D eigenvalue weighted by molar-refractivity contribution is 0.171. The van der Waals surface area contributed by atoms with Crippen LogP contribution >= 0.6 is 0 Å². The van der Waals surface area contributed by atoms with Crippen molar-refractivity contribution in [1.29, 1.82) is 0 Å². The topological polar surface area (TPSA) is 39.1 Å². The minimum atomic E-state index is 0.121. The van der Waals surface area contributed by atoms with Gasteiger partial charge in [-0.1, -0.05) is 6.58 Å². The highest BCUT2D eigenvalue weighted by Crippen LogP contribution is 2.17. The Bertz CT molecular complexity index is 339. The largest absolute Gasteiger partial charge is 0.379 e. The second-order valence-corrected chi connectivity index (χ2v) is 4.23. The Hall–Kier alpha value is -1.13. The summed E-state index contributed by atoms with van der Waals surface area (Å²) in [4.78, 5) is 0. The number of aromatic nitrogens is 2. The van der Waals surface area contributed by atoms with E-state index in [9.17, 15) is 0 Å². The Kier molecular flexibility index (Phi) is 2.88. The van der Waals surface area contributed by atoms with Crippen molar-refractivity contribution >= 4 is 6.20 Å². The van der Waals surface area contributed by atoms with Crippen molar-refractivity contribution in [3.63, 3.8) is 0 Å². The van der Waals surface area contributed by atoms with Crippen LogP contribution in [0.25, 0.3) is 6.20 Å². The van der Waals surface area contributed by atoms with Gasteiger partial charge in [-0.25, -0.2) is 4.68 Å². The van der Waals surface area contributed by atoms with Gasteiger partial charge in [0.15, 0.2) is 0 Å². The van der Waals surface area contributed by atoms with Crippen LogP contribution in [0.15, 0.2) is 19.0 Å². The first-order chi connectivity index (χ1) is 7.22. The van der Waals surface area contributed by atoms with E-state index < -0.39 is 0 Å². The molecule has 1 saturated heterocycles. The van der Waals surface area contributed by atoms with E-state index in [-0.39, 0.29) is 5.54 Å². The zero-order chi connectivity index (χ0) is 10.7. The van der Waals surface area contributed by atoms with E-state index >= 15 is 0 Å². The normalized spacial score (nSPS) is 25.7. The number of ether oxygens (including phenoxy) is 1. The van der Waals surface area contributed by atoms with E-state index in [1.54, 1.807) is 10.9 Å². The summed E-state index contributed by atoms with van der Waals surface area (Å²) in [5, 5.41) is 7.63. The third-order valence-electron chi connectivity index (χ3n) is 2.78. The van der Waals surface area contributed by atoms with Crippen molar-refractivity contribution in [2.45, 2.75) is 25.4 Å². The first-order valence-corrected chi connectivity index (χ1v) is 5.20. The van der Waals surface area contributed by atoms with Gasteiger partial charge in [0.05, 0.1) is 12.8 Å². The Labute approximate surface area is 89.9 Å². The van der Waals surface area contributed by atoms with Crippen LogP contribution in [0.3, 0.4) is 0 Å². The molecule has 0 radical (unpaired) electrons. The van der Waals surface area contributed by atoms with Crippen molar-refractivity contribution in [3.05, 3.63) is 24.5 Å². The third kappa shape index (κ3) is 2.46. The van der Waals surface area contributed by atoms with Crippen LogP contribution in [-0.2, 0) is 11.3 Å². The first-order valence-electron chi connectivity index (χ1n) is 5.20. The van der Waals surface area contributed by atoms with Crippen LogP contribution < -0.4 is 5.32 Å². The molecule has 4 nitrogen and oxygen atoms in total. The molecule has 2 heterocycles. The molecule has 1 aliphatic rings. The Morgan fingerprint density at radius 3 is 3.27 bits per heavy atom. The SMILES string of the molecule is C=Cn1cc(CNC2(C)CCOC2)cn1. The number of nitrogens with zero attached hydrogens (tertiary/aromatic N) is 2. The molecule has 0 aromatic carbocycles. The van der Waals surface area contributed by atoms with Gasteiger partial charge in [0.25, 0.3) is 0 Å². The molecule has 0 bridgehead atoms. The third-order valence-corrected chi connectivity index (χ3v) is 2.78. The monoisotopic (exact) mass is 207 g/mol. The van der Waals surface area contributed by atoms with Gasteiger partial charge < -0.3 is 10.1 Å². The first kappa shape index (κ1) is 10.4. The van der Waals surface area contributed by atoms with Crippen molar-refractivity contribution in [2.24, 2.45) is 0 Å². The van der Waals surface area contributed by atoms with Crippen LogP contribution in [0.2, 0.25) is 0 Å². The molecular formula is C11H17N3O. The quantitative estimate of drug-likeness (QED) is 0.807. The molecule has 15 heavy (non-hydrogen) atoms. The van der Waals surface area contributed by atoms with Gasteiger partial charge in [-0.05, 0) is 13.3 Å². The molecule has 0 aliphatic carbocycles. The molecule has 1 aliphatic heterocycles. The van der Waals surface area contributed by atoms with E-state index in [2.05, 4.69) is 23.9 Å². The molecule has 0 amide bonds. The number of hydrogen-bond acceptors (Lipinski definition) is 3. The van der Waals surface area contributed by atoms with Crippen molar-refractivity contribution in [3.8, 4) is 0 Å².